The van der Waals surface area contributed by atoms with Crippen LogP contribution < -0.4 is 10.6 Å². The number of amides is 2. The van der Waals surface area contributed by atoms with Gasteiger partial charge in [-0.15, -0.1) is 0 Å². The summed E-state index contributed by atoms with van der Waals surface area (Å²) in [5, 5.41) is 15.7. The lowest BCUT2D eigenvalue weighted by molar-refractivity contribution is -0.882. The van der Waals surface area contributed by atoms with Crippen molar-refractivity contribution in [1.82, 2.24) is 20.4 Å². The molecule has 9 nitrogen and oxygen atoms in total. The highest BCUT2D eigenvalue weighted by Crippen LogP contribution is 2.09. The summed E-state index contributed by atoms with van der Waals surface area (Å²) >= 11 is 0. The van der Waals surface area contributed by atoms with Crippen molar-refractivity contribution in [2.24, 2.45) is 0 Å². The largest absolute Gasteiger partial charge is 0.395 e. The Morgan fingerprint density at radius 3 is 2.19 bits per heavy atom. The smallest absolute Gasteiger partial charge is 0.275 e. The first-order chi connectivity index (χ1) is 14.8. The average molecular weight is 457 g/mol. The molecule has 0 aromatic rings. The zero-order valence-electron chi connectivity index (χ0n) is 21.3. The highest BCUT2D eigenvalue weighted by atomic mass is 16.3. The van der Waals surface area contributed by atoms with E-state index in [4.69, 9.17) is 0 Å². The van der Waals surface area contributed by atoms with Gasteiger partial charge in [0.05, 0.1) is 61.0 Å². The topological polar surface area (TPSA) is 84.9 Å². The molecule has 186 valence electrons. The molecule has 3 N–H and O–H groups in total. The van der Waals surface area contributed by atoms with Gasteiger partial charge < -0.3 is 24.7 Å². The van der Waals surface area contributed by atoms with Crippen LogP contribution in [-0.4, -0.2) is 149 Å². The van der Waals surface area contributed by atoms with Gasteiger partial charge in [0.2, 0.25) is 5.91 Å². The molecule has 0 aliphatic carbocycles. The average Bonchev–Trinajstić information content (AvgIpc) is 2.68. The SMILES string of the molecule is C=C(C)C(=O)NCCC[N+](C)(C)CC(=O)NCCN1CCN(C(CO)C[N+](C)(C)C)CC1. The van der Waals surface area contributed by atoms with Crippen LogP contribution in [0.2, 0.25) is 0 Å². The third kappa shape index (κ3) is 11.9. The van der Waals surface area contributed by atoms with Crippen molar-refractivity contribution in [3.63, 3.8) is 0 Å². The van der Waals surface area contributed by atoms with Crippen LogP contribution in [0.3, 0.4) is 0 Å². The molecule has 1 saturated heterocycles. The Hall–Kier alpha value is -1.52. The van der Waals surface area contributed by atoms with Gasteiger partial charge >= 0.3 is 0 Å². The van der Waals surface area contributed by atoms with Gasteiger partial charge in [-0.1, -0.05) is 6.58 Å². The molecule has 1 heterocycles. The zero-order chi connectivity index (χ0) is 24.4. The maximum atomic E-state index is 12.4. The number of nitrogens with one attached hydrogen (secondary N) is 2. The maximum absolute atomic E-state index is 12.4. The van der Waals surface area contributed by atoms with Crippen molar-refractivity contribution in [1.29, 1.82) is 0 Å². The number of quaternary nitrogens is 2. The minimum atomic E-state index is -0.117. The summed E-state index contributed by atoms with van der Waals surface area (Å²) in [6, 6.07) is 0.200. The molecular weight excluding hydrogens is 408 g/mol. The van der Waals surface area contributed by atoms with E-state index in [2.05, 4.69) is 48.2 Å². The van der Waals surface area contributed by atoms with Gasteiger partial charge in [-0.25, -0.2) is 0 Å². The number of hydrogen-bond acceptors (Lipinski definition) is 5. The molecule has 0 radical (unpaired) electrons. The van der Waals surface area contributed by atoms with Crippen LogP contribution in [0.15, 0.2) is 12.2 Å². The molecule has 1 unspecified atom stereocenters. The van der Waals surface area contributed by atoms with E-state index in [1.807, 2.05) is 14.1 Å². The molecule has 32 heavy (non-hydrogen) atoms. The number of hydrogen-bond donors (Lipinski definition) is 3. The number of aliphatic hydroxyl groups excluding tert-OH is 1. The molecule has 1 fully saturated rings. The number of carbonyl (C=O) groups is 2. The van der Waals surface area contributed by atoms with E-state index in [9.17, 15) is 14.7 Å². The van der Waals surface area contributed by atoms with Crippen LogP contribution in [0.1, 0.15) is 13.3 Å². The molecule has 1 aliphatic rings. The Labute approximate surface area is 195 Å². The molecular formula is C23H48N6O3+2. The van der Waals surface area contributed by atoms with Crippen molar-refractivity contribution < 1.29 is 23.7 Å². The van der Waals surface area contributed by atoms with E-state index in [1.54, 1.807) is 6.92 Å². The fourth-order valence-electron chi connectivity index (χ4n) is 4.01. The van der Waals surface area contributed by atoms with Crippen molar-refractivity contribution in [2.45, 2.75) is 19.4 Å². The Morgan fingerprint density at radius 1 is 1.03 bits per heavy atom. The molecule has 0 aromatic carbocycles. The van der Waals surface area contributed by atoms with Gasteiger partial charge in [0.15, 0.2) is 6.54 Å². The van der Waals surface area contributed by atoms with E-state index in [1.165, 1.54) is 0 Å². The minimum Gasteiger partial charge on any atom is -0.395 e. The number of likely N-dealkylation sites (N-methyl/N-ethyl adjacent to an activating group) is 2. The van der Waals surface area contributed by atoms with Crippen LogP contribution in [0.25, 0.3) is 0 Å². The summed E-state index contributed by atoms with van der Waals surface area (Å²) in [5.41, 5.74) is 0.511. The Balaban J connectivity index is 2.24. The third-order valence-corrected chi connectivity index (χ3v) is 5.83. The first-order valence-corrected chi connectivity index (χ1v) is 11.7. The van der Waals surface area contributed by atoms with Gasteiger partial charge in [0.25, 0.3) is 5.91 Å². The minimum absolute atomic E-state index is 0.0582. The number of rotatable bonds is 14. The van der Waals surface area contributed by atoms with E-state index in [-0.39, 0.29) is 24.5 Å². The summed E-state index contributed by atoms with van der Waals surface area (Å²) < 4.78 is 1.43. The van der Waals surface area contributed by atoms with Gasteiger partial charge in [-0.3, -0.25) is 19.4 Å². The standard InChI is InChI=1S/C23H46N6O3/c1-20(2)23(32)25-9-8-16-29(6,7)18-22(31)24-10-11-26-12-14-27(15-13-26)21(19-30)17-28(3,4)5/h21,30H,1,8-19H2,2-7H3/p+2. The summed E-state index contributed by atoms with van der Waals surface area (Å²) in [4.78, 5) is 28.7. The second-order valence-electron chi connectivity index (χ2n) is 10.7. The quantitative estimate of drug-likeness (QED) is 0.176. The lowest BCUT2D eigenvalue weighted by atomic mass is 10.2. The first-order valence-electron chi connectivity index (χ1n) is 11.7. The molecule has 1 atom stereocenters. The molecule has 1 aliphatic heterocycles. The maximum Gasteiger partial charge on any atom is 0.275 e. The zero-order valence-corrected chi connectivity index (χ0v) is 21.3. The van der Waals surface area contributed by atoms with Gasteiger partial charge in [-0.05, 0) is 6.92 Å². The molecule has 0 aromatic heterocycles. The highest BCUT2D eigenvalue weighted by Gasteiger charge is 2.27. The normalized spacial score (nSPS) is 17.1. The summed E-state index contributed by atoms with van der Waals surface area (Å²) in [7, 11) is 10.5. The fourth-order valence-corrected chi connectivity index (χ4v) is 4.01. The Morgan fingerprint density at radius 2 is 1.66 bits per heavy atom. The van der Waals surface area contributed by atoms with Crippen LogP contribution in [-0.2, 0) is 9.59 Å². The number of carbonyl (C=O) groups excluding carboxylic acids is 2. The molecule has 1 rings (SSSR count). The second kappa shape index (κ2) is 13.3. The van der Waals surface area contributed by atoms with E-state index in [0.717, 1.165) is 56.7 Å². The van der Waals surface area contributed by atoms with Gasteiger partial charge in [0, 0.05) is 57.8 Å². The van der Waals surface area contributed by atoms with Crippen LogP contribution in [0, 0.1) is 0 Å². The van der Waals surface area contributed by atoms with Gasteiger partial charge in [-0.2, -0.15) is 0 Å². The number of nitrogens with zero attached hydrogens (tertiary/aromatic N) is 4. The first kappa shape index (κ1) is 28.5. The molecule has 2 amide bonds. The lowest BCUT2D eigenvalue weighted by Gasteiger charge is -2.40. The predicted octanol–water partition coefficient (Wildman–Crippen LogP) is -1.05. The third-order valence-electron chi connectivity index (χ3n) is 5.83. The van der Waals surface area contributed by atoms with Crippen LogP contribution in [0.5, 0.6) is 0 Å². The highest BCUT2D eigenvalue weighted by molar-refractivity contribution is 5.92. The monoisotopic (exact) mass is 456 g/mol. The van der Waals surface area contributed by atoms with E-state index >= 15 is 0 Å². The van der Waals surface area contributed by atoms with E-state index < -0.39 is 0 Å². The Bertz CT molecular complexity index is 609. The Kier molecular flexibility index (Phi) is 11.8. The van der Waals surface area contributed by atoms with Crippen molar-refractivity contribution in [3.8, 4) is 0 Å². The van der Waals surface area contributed by atoms with Crippen LogP contribution in [0.4, 0.5) is 0 Å². The second-order valence-corrected chi connectivity index (χ2v) is 10.7. The number of aliphatic hydroxyl groups is 1. The van der Waals surface area contributed by atoms with Crippen molar-refractivity contribution in [3.05, 3.63) is 12.2 Å². The van der Waals surface area contributed by atoms with Gasteiger partial charge in [0.1, 0.15) is 0 Å². The summed E-state index contributed by atoms with van der Waals surface area (Å²) in [5.74, 6) is -0.0583. The van der Waals surface area contributed by atoms with Crippen LogP contribution >= 0.6 is 0 Å². The fraction of sp³-hybridized carbons (Fsp3) is 0.826. The van der Waals surface area contributed by atoms with Crippen molar-refractivity contribution in [2.75, 3.05) is 107 Å². The number of piperazine rings is 1. The molecule has 0 saturated carbocycles. The van der Waals surface area contributed by atoms with Crippen molar-refractivity contribution >= 4 is 11.8 Å². The molecule has 9 heteroatoms. The summed E-state index contributed by atoms with van der Waals surface area (Å²) in [6.07, 6.45) is 0.812. The summed E-state index contributed by atoms with van der Waals surface area (Å²) in [6.45, 7) is 13.6. The lowest BCUT2D eigenvalue weighted by Crippen LogP contribution is -2.57. The molecule has 0 spiro atoms. The molecule has 0 bridgehead atoms. The predicted molar refractivity (Wildman–Crippen MR) is 129 cm³/mol. The van der Waals surface area contributed by atoms with E-state index in [0.29, 0.717) is 29.7 Å².